The smallest absolute Gasteiger partial charge is 0.0731 e. The van der Waals surface area contributed by atoms with Crippen molar-refractivity contribution in [3.8, 4) is 0 Å². The SMILES string of the molecule is c1ccc2nc3ccc4cc[nH]c4c3cc2c1. The normalized spacial score (nSPS) is 11.5. The third-order valence-electron chi connectivity index (χ3n) is 3.22. The molecule has 2 heteroatoms. The molecule has 0 aliphatic rings. The number of aromatic amines is 1. The van der Waals surface area contributed by atoms with Crippen LogP contribution in [0.3, 0.4) is 0 Å². The van der Waals surface area contributed by atoms with Crippen molar-refractivity contribution in [3.63, 3.8) is 0 Å². The van der Waals surface area contributed by atoms with Gasteiger partial charge >= 0.3 is 0 Å². The molecule has 2 aromatic heterocycles. The first-order valence-electron chi connectivity index (χ1n) is 5.67. The Hall–Kier alpha value is -2.35. The van der Waals surface area contributed by atoms with Crippen molar-refractivity contribution in [3.05, 3.63) is 54.7 Å². The molecular weight excluding hydrogens is 208 g/mol. The number of benzene rings is 2. The van der Waals surface area contributed by atoms with Gasteiger partial charge in [0.25, 0.3) is 0 Å². The van der Waals surface area contributed by atoms with Crippen LogP contribution in [0.15, 0.2) is 54.7 Å². The minimum Gasteiger partial charge on any atom is -0.361 e. The lowest BCUT2D eigenvalue weighted by atomic mass is 10.1. The largest absolute Gasteiger partial charge is 0.361 e. The second-order valence-corrected chi connectivity index (χ2v) is 4.26. The maximum absolute atomic E-state index is 4.69. The van der Waals surface area contributed by atoms with Crippen LogP contribution in [0, 0.1) is 0 Å². The minimum atomic E-state index is 1.04. The van der Waals surface area contributed by atoms with Crippen LogP contribution in [-0.4, -0.2) is 9.97 Å². The van der Waals surface area contributed by atoms with Gasteiger partial charge in [-0.05, 0) is 24.3 Å². The van der Waals surface area contributed by atoms with E-state index in [-0.39, 0.29) is 0 Å². The van der Waals surface area contributed by atoms with Crippen LogP contribution in [0.5, 0.6) is 0 Å². The molecule has 0 aliphatic carbocycles. The molecule has 0 bridgehead atoms. The first kappa shape index (κ1) is 8.76. The average molecular weight is 218 g/mol. The first-order chi connectivity index (χ1) is 8.42. The molecule has 4 aromatic rings. The van der Waals surface area contributed by atoms with Crippen molar-refractivity contribution in [1.82, 2.24) is 9.97 Å². The molecule has 0 radical (unpaired) electrons. The van der Waals surface area contributed by atoms with Gasteiger partial charge in [-0.2, -0.15) is 0 Å². The van der Waals surface area contributed by atoms with E-state index >= 15 is 0 Å². The second kappa shape index (κ2) is 3.08. The molecule has 1 N–H and O–H groups in total. The molecule has 17 heavy (non-hydrogen) atoms. The summed E-state index contributed by atoms with van der Waals surface area (Å²) in [7, 11) is 0. The van der Waals surface area contributed by atoms with Gasteiger partial charge in [0.05, 0.1) is 16.6 Å². The van der Waals surface area contributed by atoms with Gasteiger partial charge in [-0.1, -0.05) is 24.3 Å². The highest BCUT2D eigenvalue weighted by Crippen LogP contribution is 2.26. The van der Waals surface area contributed by atoms with Crippen LogP contribution in [0.25, 0.3) is 32.7 Å². The third kappa shape index (κ3) is 1.18. The van der Waals surface area contributed by atoms with Crippen molar-refractivity contribution in [2.75, 3.05) is 0 Å². The lowest BCUT2D eigenvalue weighted by Gasteiger charge is -2.02. The Morgan fingerprint density at radius 2 is 1.76 bits per heavy atom. The molecule has 0 spiro atoms. The molecule has 0 unspecified atom stereocenters. The van der Waals surface area contributed by atoms with E-state index in [1.165, 1.54) is 21.7 Å². The average Bonchev–Trinajstić information content (AvgIpc) is 2.85. The summed E-state index contributed by atoms with van der Waals surface area (Å²) < 4.78 is 0. The molecular formula is C15H10N2. The molecule has 2 aromatic carbocycles. The summed E-state index contributed by atoms with van der Waals surface area (Å²) in [6.07, 6.45) is 1.97. The Balaban J connectivity index is 2.29. The van der Waals surface area contributed by atoms with Crippen molar-refractivity contribution in [2.24, 2.45) is 0 Å². The fourth-order valence-electron chi connectivity index (χ4n) is 2.38. The van der Waals surface area contributed by atoms with Gasteiger partial charge in [0, 0.05) is 22.4 Å². The summed E-state index contributed by atoms with van der Waals surface area (Å²) in [6.45, 7) is 0. The summed E-state index contributed by atoms with van der Waals surface area (Å²) in [4.78, 5) is 7.97. The summed E-state index contributed by atoms with van der Waals surface area (Å²) >= 11 is 0. The lowest BCUT2D eigenvalue weighted by molar-refractivity contribution is 1.47. The Morgan fingerprint density at radius 3 is 2.76 bits per heavy atom. The molecule has 0 saturated carbocycles. The Bertz CT molecular complexity index is 843. The van der Waals surface area contributed by atoms with Gasteiger partial charge in [-0.3, -0.25) is 0 Å². The molecule has 2 nitrogen and oxygen atoms in total. The van der Waals surface area contributed by atoms with Crippen molar-refractivity contribution in [2.45, 2.75) is 0 Å². The number of fused-ring (bicyclic) bond motifs is 4. The number of hydrogen-bond donors (Lipinski definition) is 1. The second-order valence-electron chi connectivity index (χ2n) is 4.26. The van der Waals surface area contributed by atoms with Crippen molar-refractivity contribution in [1.29, 1.82) is 0 Å². The minimum absolute atomic E-state index is 1.04. The van der Waals surface area contributed by atoms with Gasteiger partial charge in [0.2, 0.25) is 0 Å². The first-order valence-corrected chi connectivity index (χ1v) is 5.67. The van der Waals surface area contributed by atoms with Gasteiger partial charge in [0.15, 0.2) is 0 Å². The number of nitrogens with zero attached hydrogens (tertiary/aromatic N) is 1. The Labute approximate surface area is 97.9 Å². The van der Waals surface area contributed by atoms with E-state index in [4.69, 9.17) is 0 Å². The summed E-state index contributed by atoms with van der Waals surface area (Å²) in [5, 5.41) is 3.60. The highest BCUT2D eigenvalue weighted by atomic mass is 14.7. The number of H-pyrrole nitrogens is 1. The lowest BCUT2D eigenvalue weighted by Crippen LogP contribution is -1.83. The van der Waals surface area contributed by atoms with E-state index in [0.29, 0.717) is 0 Å². The van der Waals surface area contributed by atoms with Crippen molar-refractivity contribution < 1.29 is 0 Å². The predicted octanol–water partition coefficient (Wildman–Crippen LogP) is 3.87. The van der Waals surface area contributed by atoms with Crippen LogP contribution in [-0.2, 0) is 0 Å². The molecule has 0 atom stereocenters. The van der Waals surface area contributed by atoms with E-state index in [1.54, 1.807) is 0 Å². The quantitative estimate of drug-likeness (QED) is 0.446. The van der Waals surface area contributed by atoms with Gasteiger partial charge in [0.1, 0.15) is 0 Å². The molecule has 4 rings (SSSR count). The molecule has 0 aliphatic heterocycles. The van der Waals surface area contributed by atoms with Crippen LogP contribution in [0.1, 0.15) is 0 Å². The van der Waals surface area contributed by atoms with Crippen LogP contribution in [0.4, 0.5) is 0 Å². The van der Waals surface area contributed by atoms with E-state index in [2.05, 4.69) is 40.3 Å². The maximum atomic E-state index is 4.69. The number of nitrogens with one attached hydrogen (secondary N) is 1. The molecule has 2 heterocycles. The zero-order chi connectivity index (χ0) is 11.2. The van der Waals surface area contributed by atoms with Crippen LogP contribution >= 0.6 is 0 Å². The maximum Gasteiger partial charge on any atom is 0.0731 e. The van der Waals surface area contributed by atoms with Crippen LogP contribution < -0.4 is 0 Å². The highest BCUT2D eigenvalue weighted by Gasteiger charge is 2.03. The number of aromatic nitrogens is 2. The molecule has 0 fully saturated rings. The highest BCUT2D eigenvalue weighted by molar-refractivity contribution is 6.07. The predicted molar refractivity (Wildman–Crippen MR) is 71.1 cm³/mol. The van der Waals surface area contributed by atoms with Gasteiger partial charge in [-0.25, -0.2) is 4.98 Å². The standard InChI is InChI=1S/C15H10N2/c1-2-4-13-11(3-1)9-12-14(17-13)6-5-10-7-8-16-15(10)12/h1-9,16H. The van der Waals surface area contributed by atoms with Gasteiger partial charge in [-0.15, -0.1) is 0 Å². The van der Waals surface area contributed by atoms with E-state index in [9.17, 15) is 0 Å². The Kier molecular flexibility index (Phi) is 1.59. The molecule has 0 amide bonds. The van der Waals surface area contributed by atoms with E-state index in [1.807, 2.05) is 24.4 Å². The summed E-state index contributed by atoms with van der Waals surface area (Å²) in [5.74, 6) is 0. The third-order valence-corrected chi connectivity index (χ3v) is 3.22. The van der Waals surface area contributed by atoms with Crippen LogP contribution in [0.2, 0.25) is 0 Å². The molecule has 0 saturated heterocycles. The number of para-hydroxylation sites is 1. The van der Waals surface area contributed by atoms with E-state index < -0.39 is 0 Å². The number of rotatable bonds is 0. The number of hydrogen-bond acceptors (Lipinski definition) is 1. The van der Waals surface area contributed by atoms with E-state index in [0.717, 1.165) is 11.0 Å². The Morgan fingerprint density at radius 1 is 0.824 bits per heavy atom. The molecule has 80 valence electrons. The summed E-state index contributed by atoms with van der Waals surface area (Å²) in [5.41, 5.74) is 3.25. The number of pyridine rings is 1. The topological polar surface area (TPSA) is 28.7 Å². The zero-order valence-electron chi connectivity index (χ0n) is 9.14. The zero-order valence-corrected chi connectivity index (χ0v) is 9.14. The van der Waals surface area contributed by atoms with Gasteiger partial charge < -0.3 is 4.98 Å². The summed E-state index contributed by atoms with van der Waals surface area (Å²) in [6, 6.07) is 16.7. The monoisotopic (exact) mass is 218 g/mol. The fourth-order valence-corrected chi connectivity index (χ4v) is 2.38. The van der Waals surface area contributed by atoms with Crippen molar-refractivity contribution >= 4 is 32.7 Å². The fraction of sp³-hybridized carbons (Fsp3) is 0.